The Morgan fingerprint density at radius 2 is 1.64 bits per heavy atom. The minimum absolute atomic E-state index is 0.0694. The van der Waals surface area contributed by atoms with E-state index in [0.29, 0.717) is 17.0 Å². The van der Waals surface area contributed by atoms with Gasteiger partial charge in [0.25, 0.3) is 11.8 Å². The second-order valence-electron chi connectivity index (χ2n) is 11.3. The first-order valence-electron chi connectivity index (χ1n) is 15.1. The maximum Gasteiger partial charge on any atom is 0.270 e. The van der Waals surface area contributed by atoms with Gasteiger partial charge in [-0.05, 0) is 96.1 Å². The number of methoxy groups -OCH3 is 1. The van der Waals surface area contributed by atoms with Crippen LogP contribution in [0.2, 0.25) is 0 Å². The van der Waals surface area contributed by atoms with Crippen molar-refractivity contribution >= 4 is 11.8 Å². The Morgan fingerprint density at radius 1 is 1.00 bits per heavy atom. The lowest BCUT2D eigenvalue weighted by Gasteiger charge is -2.23. The molecular weight excluding hydrogens is 526 g/mol. The molecule has 0 radical (unpaired) electrons. The van der Waals surface area contributed by atoms with Crippen LogP contribution in [0.3, 0.4) is 0 Å². The minimum Gasteiger partial charge on any atom is -0.497 e. The van der Waals surface area contributed by atoms with Crippen LogP contribution in [0, 0.1) is 0 Å². The second-order valence-corrected chi connectivity index (χ2v) is 11.3. The maximum absolute atomic E-state index is 13.4. The fourth-order valence-electron chi connectivity index (χ4n) is 4.81. The van der Waals surface area contributed by atoms with Crippen LogP contribution in [0.25, 0.3) is 11.1 Å². The van der Waals surface area contributed by atoms with Crippen molar-refractivity contribution in [3.63, 3.8) is 0 Å². The van der Waals surface area contributed by atoms with Gasteiger partial charge in [-0.3, -0.25) is 9.59 Å². The lowest BCUT2D eigenvalue weighted by Crippen LogP contribution is -2.30. The van der Waals surface area contributed by atoms with Gasteiger partial charge >= 0.3 is 0 Å². The van der Waals surface area contributed by atoms with E-state index >= 15 is 0 Å². The van der Waals surface area contributed by atoms with Gasteiger partial charge in [0.2, 0.25) is 0 Å². The van der Waals surface area contributed by atoms with Crippen molar-refractivity contribution in [2.24, 2.45) is 7.05 Å². The molecule has 42 heavy (non-hydrogen) atoms. The largest absolute Gasteiger partial charge is 0.497 e. The summed E-state index contributed by atoms with van der Waals surface area (Å²) >= 11 is 0. The van der Waals surface area contributed by atoms with Crippen molar-refractivity contribution in [1.82, 2.24) is 24.6 Å². The lowest BCUT2D eigenvalue weighted by atomic mass is 10.00. The number of rotatable bonds is 11. The fourth-order valence-corrected chi connectivity index (χ4v) is 4.81. The zero-order chi connectivity index (χ0) is 31.6. The Labute approximate surface area is 254 Å². The van der Waals surface area contributed by atoms with Gasteiger partial charge in [-0.2, -0.15) is 0 Å². The molecule has 3 rings (SSSR count). The van der Waals surface area contributed by atoms with Crippen LogP contribution in [0.1, 0.15) is 76.5 Å². The molecular formula is C34H53N5O3. The molecule has 2 heterocycles. The zero-order valence-corrected chi connectivity index (χ0v) is 27.8. The number of nitrogens with zero attached hydrogens (tertiary/aromatic N) is 4. The Morgan fingerprint density at radius 3 is 2.21 bits per heavy atom. The number of aromatic nitrogens is 1. The first-order valence-corrected chi connectivity index (χ1v) is 15.1. The van der Waals surface area contributed by atoms with Gasteiger partial charge in [-0.15, -0.1) is 0 Å². The number of likely N-dealkylation sites (N-methyl/N-ethyl adjacent to an activating group) is 2. The number of allylic oxidation sites excluding steroid dienone is 2. The summed E-state index contributed by atoms with van der Waals surface area (Å²) in [6.45, 7) is 15.4. The van der Waals surface area contributed by atoms with Gasteiger partial charge in [0.05, 0.1) is 13.2 Å². The molecule has 0 aliphatic carbocycles. The molecule has 1 aromatic carbocycles. The molecule has 232 valence electrons. The molecule has 0 bridgehead atoms. The molecule has 2 amide bonds. The highest BCUT2D eigenvalue weighted by Gasteiger charge is 2.23. The normalized spacial score (nSPS) is 13.8. The molecule has 1 unspecified atom stereocenters. The van der Waals surface area contributed by atoms with E-state index in [0.717, 1.165) is 67.0 Å². The number of hydrogen-bond donors (Lipinski definition) is 1. The summed E-state index contributed by atoms with van der Waals surface area (Å²) in [5, 5.41) is 3.18. The van der Waals surface area contributed by atoms with Crippen LogP contribution < -0.4 is 10.1 Å². The van der Waals surface area contributed by atoms with E-state index in [4.69, 9.17) is 4.74 Å². The van der Waals surface area contributed by atoms with E-state index in [2.05, 4.69) is 35.3 Å². The number of benzene rings is 1. The Balaban J connectivity index is 0.00000301. The Kier molecular flexibility index (Phi) is 13.4. The van der Waals surface area contributed by atoms with Crippen LogP contribution >= 0.6 is 0 Å². The van der Waals surface area contributed by atoms with Crippen molar-refractivity contribution in [3.05, 3.63) is 64.6 Å². The summed E-state index contributed by atoms with van der Waals surface area (Å²) in [6.07, 6.45) is 6.06. The third kappa shape index (κ3) is 9.24. The summed E-state index contributed by atoms with van der Waals surface area (Å²) in [4.78, 5) is 32.7. The SMILES string of the molecule is CC.COc1cc(-c2cc(C(=O)N3CCCC3)n(C)c2)cc(C(C)NC(=O)C(/C=C(\C)N(C)CCN(C)C)=C(C)C)c1. The standard InChI is InChI=1S/C32H47N5O3.C2H6/c1-22(2)29(16-23(3)35(7)15-14-34(5)6)31(38)33-24(4)25-17-26(19-28(18-25)40-9)27-20-30(36(8)21-27)32(39)37-12-10-11-13-37;1-2/h16-21,24H,10-15H2,1-9H3,(H,33,38);1-2H3/b23-16+;. The van der Waals surface area contributed by atoms with Crippen molar-refractivity contribution in [2.45, 2.75) is 60.4 Å². The van der Waals surface area contributed by atoms with E-state index in [-0.39, 0.29) is 17.9 Å². The number of nitrogens with one attached hydrogen (secondary N) is 1. The lowest BCUT2D eigenvalue weighted by molar-refractivity contribution is -0.117. The highest BCUT2D eigenvalue weighted by molar-refractivity contribution is 5.97. The number of carbonyl (C=O) groups is 2. The molecule has 1 N–H and O–H groups in total. The van der Waals surface area contributed by atoms with Crippen LogP contribution in [0.4, 0.5) is 0 Å². The summed E-state index contributed by atoms with van der Waals surface area (Å²) in [5.41, 5.74) is 6.13. The first-order chi connectivity index (χ1) is 19.9. The molecule has 1 fully saturated rings. The highest BCUT2D eigenvalue weighted by Crippen LogP contribution is 2.31. The average molecular weight is 580 g/mol. The van der Waals surface area contributed by atoms with Crippen molar-refractivity contribution in [3.8, 4) is 16.9 Å². The molecule has 1 atom stereocenters. The molecule has 0 saturated carbocycles. The van der Waals surface area contributed by atoms with Gasteiger partial charge in [-0.25, -0.2) is 0 Å². The summed E-state index contributed by atoms with van der Waals surface area (Å²) in [7, 11) is 9.70. The van der Waals surface area contributed by atoms with Crippen molar-refractivity contribution in [1.29, 1.82) is 0 Å². The van der Waals surface area contributed by atoms with Crippen LogP contribution in [0.5, 0.6) is 5.75 Å². The number of amides is 2. The van der Waals surface area contributed by atoms with Gasteiger partial charge in [0, 0.05) is 63.3 Å². The predicted octanol–water partition coefficient (Wildman–Crippen LogP) is 5.87. The summed E-state index contributed by atoms with van der Waals surface area (Å²) in [5.74, 6) is 0.654. The molecule has 0 spiro atoms. The van der Waals surface area contributed by atoms with Crippen LogP contribution in [0.15, 0.2) is 53.4 Å². The smallest absolute Gasteiger partial charge is 0.270 e. The van der Waals surface area contributed by atoms with Crippen molar-refractivity contribution < 1.29 is 14.3 Å². The van der Waals surface area contributed by atoms with E-state index < -0.39 is 0 Å². The van der Waals surface area contributed by atoms with Gasteiger partial charge in [-0.1, -0.05) is 19.4 Å². The number of carbonyl (C=O) groups excluding carboxylic acids is 2. The number of hydrogen-bond acceptors (Lipinski definition) is 5. The molecule has 1 aliphatic heterocycles. The van der Waals surface area contributed by atoms with Gasteiger partial charge in [0.15, 0.2) is 0 Å². The molecule has 1 aliphatic rings. The Hall–Kier alpha value is -3.52. The highest BCUT2D eigenvalue weighted by atomic mass is 16.5. The fraction of sp³-hybridized carbons (Fsp3) is 0.529. The molecule has 2 aromatic rings. The van der Waals surface area contributed by atoms with Gasteiger partial charge in [0.1, 0.15) is 11.4 Å². The Bertz CT molecular complexity index is 1260. The molecule has 8 nitrogen and oxygen atoms in total. The average Bonchev–Trinajstić information content (AvgIpc) is 3.65. The third-order valence-corrected chi connectivity index (χ3v) is 7.58. The summed E-state index contributed by atoms with van der Waals surface area (Å²) in [6, 6.07) is 7.67. The van der Waals surface area contributed by atoms with E-state index in [1.165, 1.54) is 0 Å². The second kappa shape index (κ2) is 16.2. The quantitative estimate of drug-likeness (QED) is 0.266. The maximum atomic E-state index is 13.4. The van der Waals surface area contributed by atoms with Gasteiger partial charge < -0.3 is 29.3 Å². The topological polar surface area (TPSA) is 70.0 Å². The summed E-state index contributed by atoms with van der Waals surface area (Å²) < 4.78 is 7.51. The molecule has 8 heteroatoms. The third-order valence-electron chi connectivity index (χ3n) is 7.58. The minimum atomic E-state index is -0.259. The number of likely N-dealkylation sites (tertiary alicyclic amines) is 1. The van der Waals surface area contributed by atoms with E-state index in [1.54, 1.807) is 7.11 Å². The van der Waals surface area contributed by atoms with Crippen LogP contribution in [-0.2, 0) is 11.8 Å². The van der Waals surface area contributed by atoms with Crippen molar-refractivity contribution in [2.75, 3.05) is 54.4 Å². The van der Waals surface area contributed by atoms with Crippen LogP contribution in [-0.4, -0.2) is 85.5 Å². The monoisotopic (exact) mass is 579 g/mol. The predicted molar refractivity (Wildman–Crippen MR) is 174 cm³/mol. The number of aryl methyl sites for hydroxylation is 1. The molecule has 1 saturated heterocycles. The number of ether oxygens (including phenoxy) is 1. The van der Waals surface area contributed by atoms with E-state index in [1.807, 2.05) is 95.6 Å². The van der Waals surface area contributed by atoms with E-state index in [9.17, 15) is 9.59 Å². The first kappa shape index (κ1) is 34.7. The molecule has 1 aromatic heterocycles. The zero-order valence-electron chi connectivity index (χ0n) is 27.8.